The predicted molar refractivity (Wildman–Crippen MR) is 138 cm³/mol. The van der Waals surface area contributed by atoms with Crippen molar-refractivity contribution in [1.82, 2.24) is 19.7 Å². The third-order valence-electron chi connectivity index (χ3n) is 6.28. The molecule has 0 unspecified atom stereocenters. The molecule has 3 aromatic carbocycles. The molecule has 37 heavy (non-hydrogen) atoms. The van der Waals surface area contributed by atoms with Gasteiger partial charge in [-0.1, -0.05) is 40.7 Å². The number of halogens is 3. The van der Waals surface area contributed by atoms with E-state index in [1.807, 2.05) is 33.7 Å². The Morgan fingerprint density at radius 2 is 1.95 bits per heavy atom. The molecule has 0 atom stereocenters. The smallest absolute Gasteiger partial charge is 0.152 e. The van der Waals surface area contributed by atoms with E-state index < -0.39 is 11.6 Å². The van der Waals surface area contributed by atoms with Crippen molar-refractivity contribution in [3.8, 4) is 11.8 Å². The van der Waals surface area contributed by atoms with E-state index in [0.29, 0.717) is 35.8 Å². The van der Waals surface area contributed by atoms with Crippen LogP contribution in [-0.2, 0) is 26.1 Å². The summed E-state index contributed by atoms with van der Waals surface area (Å²) >= 11 is 3.58. The lowest BCUT2D eigenvalue weighted by Gasteiger charge is -2.28. The molecule has 1 aromatic heterocycles. The van der Waals surface area contributed by atoms with Gasteiger partial charge in [-0.05, 0) is 41.5 Å². The van der Waals surface area contributed by atoms with Gasteiger partial charge in [0.25, 0.3) is 0 Å². The molecule has 0 aliphatic carbocycles. The van der Waals surface area contributed by atoms with Gasteiger partial charge in [-0.25, -0.2) is 8.78 Å². The molecule has 9 heteroatoms. The molecule has 0 N–H and O–H groups in total. The highest BCUT2D eigenvalue weighted by Gasteiger charge is 2.24. The highest BCUT2D eigenvalue weighted by molar-refractivity contribution is 9.10. The Morgan fingerprint density at radius 1 is 1.14 bits per heavy atom. The molecule has 0 fully saturated rings. The number of hydrogen-bond acceptors (Lipinski definition) is 5. The molecule has 2 heterocycles. The highest BCUT2D eigenvalue weighted by atomic mass is 79.9. The number of nitrogens with zero attached hydrogens (tertiary/aromatic N) is 5. The summed E-state index contributed by atoms with van der Waals surface area (Å²) in [6.45, 7) is 5.82. The lowest BCUT2D eigenvalue weighted by molar-refractivity contribution is 0.343. The molecule has 6 nitrogen and oxygen atoms in total. The van der Waals surface area contributed by atoms with Crippen molar-refractivity contribution in [3.63, 3.8) is 0 Å². The van der Waals surface area contributed by atoms with Crippen molar-refractivity contribution in [2.24, 2.45) is 0 Å². The number of aromatic nitrogens is 3. The molecule has 5 rings (SSSR count). The summed E-state index contributed by atoms with van der Waals surface area (Å²) in [6, 6.07) is 16.9. The average Bonchev–Trinajstić information content (AvgIpc) is 3.54. The van der Waals surface area contributed by atoms with Crippen molar-refractivity contribution < 1.29 is 13.5 Å². The van der Waals surface area contributed by atoms with Gasteiger partial charge in [0.1, 0.15) is 23.7 Å². The summed E-state index contributed by atoms with van der Waals surface area (Å²) in [5, 5.41) is 17.5. The van der Waals surface area contributed by atoms with Crippen LogP contribution in [0.5, 0.6) is 5.75 Å². The molecule has 0 radical (unpaired) electrons. The van der Waals surface area contributed by atoms with Crippen LogP contribution >= 0.6 is 15.9 Å². The number of rotatable bonds is 8. The summed E-state index contributed by atoms with van der Waals surface area (Å²) in [5.41, 5.74) is 4.38. The zero-order chi connectivity index (χ0) is 25.9. The van der Waals surface area contributed by atoms with Crippen molar-refractivity contribution >= 4 is 21.6 Å². The Hall–Kier alpha value is -4.03. The highest BCUT2D eigenvalue weighted by Crippen LogP contribution is 2.38. The van der Waals surface area contributed by atoms with Crippen LogP contribution in [0.15, 0.2) is 72.0 Å². The zero-order valence-electron chi connectivity index (χ0n) is 19.8. The van der Waals surface area contributed by atoms with Gasteiger partial charge in [0, 0.05) is 40.3 Å². The number of nitriles is 1. The number of benzene rings is 3. The lowest BCUT2D eigenvalue weighted by Crippen LogP contribution is -2.24. The van der Waals surface area contributed by atoms with Gasteiger partial charge in [0.2, 0.25) is 0 Å². The summed E-state index contributed by atoms with van der Waals surface area (Å²) in [6.07, 6.45) is 2.42. The fourth-order valence-corrected chi connectivity index (χ4v) is 4.85. The molecule has 1 aliphatic heterocycles. The van der Waals surface area contributed by atoms with Gasteiger partial charge >= 0.3 is 0 Å². The minimum Gasteiger partial charge on any atom is -0.492 e. The van der Waals surface area contributed by atoms with E-state index in [2.05, 4.69) is 38.8 Å². The zero-order valence-corrected chi connectivity index (χ0v) is 21.4. The fraction of sp³-hybridized carbons (Fsp3) is 0.179. The third kappa shape index (κ3) is 5.39. The standard InChI is InChI=1S/C28H22BrF2N5O/c1-18(25-11-23(29)10-21-8-9-37-28(21)25)35(15-22-6-7-24(30)12-26(22)31)16-27-34-33-17-36(27)14-20-4-2-19(13-32)3-5-20/h2-7,10-12,17H,1,8-9,14-16H2. The minimum absolute atomic E-state index is 0.135. The van der Waals surface area contributed by atoms with E-state index in [-0.39, 0.29) is 13.1 Å². The van der Waals surface area contributed by atoms with E-state index in [0.717, 1.165) is 39.4 Å². The van der Waals surface area contributed by atoms with Crippen molar-refractivity contribution in [2.45, 2.75) is 26.1 Å². The first-order valence-electron chi connectivity index (χ1n) is 11.6. The SMILES string of the molecule is C=C(c1cc(Br)cc2c1OCC2)N(Cc1ccc(F)cc1F)Cc1nncn1Cc1ccc(C#N)cc1. The average molecular weight is 562 g/mol. The van der Waals surface area contributed by atoms with Crippen molar-refractivity contribution in [1.29, 1.82) is 5.26 Å². The fourth-order valence-electron chi connectivity index (χ4n) is 4.34. The Bertz CT molecular complexity index is 1510. The van der Waals surface area contributed by atoms with Gasteiger partial charge in [-0.3, -0.25) is 0 Å². The van der Waals surface area contributed by atoms with Gasteiger partial charge < -0.3 is 14.2 Å². The number of hydrogen-bond donors (Lipinski definition) is 0. The molecule has 0 saturated carbocycles. The minimum atomic E-state index is -0.632. The van der Waals surface area contributed by atoms with Crippen LogP contribution in [-0.4, -0.2) is 26.3 Å². The summed E-state index contributed by atoms with van der Waals surface area (Å²) in [5.74, 6) is 0.136. The molecule has 1 aliphatic rings. The molecule has 4 aromatic rings. The van der Waals surface area contributed by atoms with E-state index in [4.69, 9.17) is 10.00 Å². The van der Waals surface area contributed by atoms with Gasteiger partial charge in [-0.15, -0.1) is 10.2 Å². The molecular weight excluding hydrogens is 540 g/mol. The van der Waals surface area contributed by atoms with E-state index in [9.17, 15) is 8.78 Å². The monoisotopic (exact) mass is 561 g/mol. The first kappa shape index (κ1) is 24.7. The first-order valence-corrected chi connectivity index (χ1v) is 12.4. The molecular formula is C28H22BrF2N5O. The van der Waals surface area contributed by atoms with E-state index in [1.165, 1.54) is 12.1 Å². The third-order valence-corrected chi connectivity index (χ3v) is 6.74. The van der Waals surface area contributed by atoms with Gasteiger partial charge in [-0.2, -0.15) is 5.26 Å². The largest absolute Gasteiger partial charge is 0.492 e. The summed E-state index contributed by atoms with van der Waals surface area (Å²) in [4.78, 5) is 1.89. The number of ether oxygens (including phenoxy) is 1. The summed E-state index contributed by atoms with van der Waals surface area (Å²) < 4.78 is 37.0. The topological polar surface area (TPSA) is 67.0 Å². The normalized spacial score (nSPS) is 12.1. The molecule has 0 spiro atoms. The van der Waals surface area contributed by atoms with Crippen LogP contribution in [0.4, 0.5) is 8.78 Å². The quantitative estimate of drug-likeness (QED) is 0.270. The van der Waals surface area contributed by atoms with Crippen molar-refractivity contribution in [2.75, 3.05) is 6.61 Å². The lowest BCUT2D eigenvalue weighted by atomic mass is 10.0. The second-order valence-electron chi connectivity index (χ2n) is 8.76. The molecule has 0 amide bonds. The van der Waals surface area contributed by atoms with Gasteiger partial charge in [0.15, 0.2) is 5.82 Å². The van der Waals surface area contributed by atoms with E-state index >= 15 is 0 Å². The first-order chi connectivity index (χ1) is 17.9. The molecule has 0 bridgehead atoms. The Labute approximate surface area is 221 Å². The van der Waals surface area contributed by atoms with Crippen LogP contribution < -0.4 is 4.74 Å². The van der Waals surface area contributed by atoms with Gasteiger partial charge in [0.05, 0.1) is 31.3 Å². The predicted octanol–water partition coefficient (Wildman–Crippen LogP) is 5.85. The van der Waals surface area contributed by atoms with Crippen LogP contribution in [0.1, 0.15) is 33.6 Å². The Kier molecular flexibility index (Phi) is 7.01. The molecule has 186 valence electrons. The summed E-state index contributed by atoms with van der Waals surface area (Å²) in [7, 11) is 0. The second-order valence-corrected chi connectivity index (χ2v) is 9.68. The van der Waals surface area contributed by atoms with Crippen LogP contribution in [0.2, 0.25) is 0 Å². The van der Waals surface area contributed by atoms with Crippen LogP contribution in [0, 0.1) is 23.0 Å². The van der Waals surface area contributed by atoms with Crippen LogP contribution in [0.25, 0.3) is 5.70 Å². The Balaban J connectivity index is 1.48. The molecule has 0 saturated heterocycles. The maximum Gasteiger partial charge on any atom is 0.152 e. The maximum absolute atomic E-state index is 14.7. The second kappa shape index (κ2) is 10.5. The maximum atomic E-state index is 14.7. The van der Waals surface area contributed by atoms with E-state index in [1.54, 1.807) is 18.5 Å². The Morgan fingerprint density at radius 3 is 2.70 bits per heavy atom. The number of fused-ring (bicyclic) bond motifs is 1. The van der Waals surface area contributed by atoms with Crippen molar-refractivity contribution in [3.05, 3.63) is 117 Å². The van der Waals surface area contributed by atoms with Crippen LogP contribution in [0.3, 0.4) is 0 Å².